The van der Waals surface area contributed by atoms with Gasteiger partial charge < -0.3 is 18.9 Å². The van der Waals surface area contributed by atoms with Gasteiger partial charge in [-0.3, -0.25) is 9.97 Å². The third-order valence-corrected chi connectivity index (χ3v) is 14.1. The van der Waals surface area contributed by atoms with Crippen molar-refractivity contribution in [2.24, 2.45) is 0 Å². The number of halogens is 2. The normalized spacial score (nSPS) is 13.2. The Morgan fingerprint density at radius 1 is 0.375 bits per heavy atom. The van der Waals surface area contributed by atoms with Crippen molar-refractivity contribution in [1.82, 2.24) is 9.97 Å². The summed E-state index contributed by atoms with van der Waals surface area (Å²) in [5.74, 6) is 4.23. The zero-order valence-corrected chi connectivity index (χ0v) is 47.4. The molecular formula is C64H80Cl2N2O4. The Hall–Kier alpha value is -5.04. The fourth-order valence-corrected chi connectivity index (χ4v) is 9.73. The Kier molecular flexibility index (Phi) is 17.2. The standard InChI is InChI=1S/C64H80Cl2N2O4/c1-15-23-69-57-41-25-45-33-51(63(9,10)11)35-47(59(45)71-39-55-21-17-19-53(37-65)67-55)27-43-31-50(62(6,7)8)32-44(58(43)70-24-16-2)28-48-36-52(64(12,13)14)34-46(26-42(57)30-49(29-41)61(3,4)5)60(48)72-40-56-22-18-20-54(38-66)68-56/h17-22,29-36H,15-16,23-28,37-40H2,1-14H3. The molecule has 2 aromatic heterocycles. The van der Waals surface area contributed by atoms with Crippen molar-refractivity contribution < 1.29 is 18.9 Å². The highest BCUT2D eigenvalue weighted by molar-refractivity contribution is 6.17. The minimum atomic E-state index is -0.163. The molecule has 0 fully saturated rings. The molecule has 0 atom stereocenters. The number of hydrogen-bond donors (Lipinski definition) is 0. The number of nitrogens with zero attached hydrogens (tertiary/aromatic N) is 2. The number of aromatic nitrogens is 2. The largest absolute Gasteiger partial charge is 0.493 e. The van der Waals surface area contributed by atoms with Crippen LogP contribution in [0.25, 0.3) is 0 Å². The van der Waals surface area contributed by atoms with Crippen LogP contribution in [0.1, 0.15) is 199 Å². The maximum absolute atomic E-state index is 7.20. The summed E-state index contributed by atoms with van der Waals surface area (Å²) >= 11 is 12.7. The molecule has 0 spiro atoms. The summed E-state index contributed by atoms with van der Waals surface area (Å²) < 4.78 is 28.5. The first-order chi connectivity index (χ1) is 34.0. The van der Waals surface area contributed by atoms with Gasteiger partial charge in [0.15, 0.2) is 0 Å². The SMILES string of the molecule is CCCOc1c2cc(C(C)(C)C)cc1Cc1cc(C(C)(C)C)cc(c1OCc1cccc(CCl)n1)Cc1cc(C(C)(C)C)cc(c1OCCC)Cc1cc(C(C)(C)C)cc(c1OCc1cccc(CCl)n1)C2. The summed E-state index contributed by atoms with van der Waals surface area (Å²) in [5.41, 5.74) is 16.5. The smallest absolute Gasteiger partial charge is 0.130 e. The van der Waals surface area contributed by atoms with Crippen molar-refractivity contribution in [2.45, 2.75) is 182 Å². The van der Waals surface area contributed by atoms with Crippen molar-refractivity contribution in [3.63, 3.8) is 0 Å². The van der Waals surface area contributed by atoms with Crippen molar-refractivity contribution in [2.75, 3.05) is 13.2 Å². The molecule has 6 nitrogen and oxygen atoms in total. The molecule has 8 heteroatoms. The number of ether oxygens (including phenoxy) is 4. The summed E-state index contributed by atoms with van der Waals surface area (Å²) in [4.78, 5) is 9.77. The predicted molar refractivity (Wildman–Crippen MR) is 300 cm³/mol. The van der Waals surface area contributed by atoms with Crippen LogP contribution in [0.4, 0.5) is 0 Å². The molecular weight excluding hydrogens is 932 g/mol. The van der Waals surface area contributed by atoms with Crippen LogP contribution in [-0.4, -0.2) is 23.2 Å². The van der Waals surface area contributed by atoms with Gasteiger partial charge in [-0.05, 0) is 126 Å². The third-order valence-electron chi connectivity index (χ3n) is 13.6. The molecule has 0 radical (unpaired) electrons. The molecule has 4 aromatic carbocycles. The van der Waals surface area contributed by atoms with E-state index in [9.17, 15) is 0 Å². The van der Waals surface area contributed by atoms with E-state index in [4.69, 9.17) is 52.1 Å². The average molecular weight is 1010 g/mol. The van der Waals surface area contributed by atoms with E-state index < -0.39 is 0 Å². The second-order valence-electron chi connectivity index (χ2n) is 24.0. The third kappa shape index (κ3) is 13.4. The van der Waals surface area contributed by atoms with Gasteiger partial charge in [-0.15, -0.1) is 23.2 Å². The van der Waals surface area contributed by atoms with E-state index in [-0.39, 0.29) is 34.9 Å². The summed E-state index contributed by atoms with van der Waals surface area (Å²) in [7, 11) is 0. The van der Waals surface area contributed by atoms with Crippen molar-refractivity contribution in [1.29, 1.82) is 0 Å². The van der Waals surface area contributed by atoms with Crippen LogP contribution in [0.5, 0.6) is 23.0 Å². The quantitative estimate of drug-likeness (QED) is 0.101. The first-order valence-corrected chi connectivity index (χ1v) is 27.2. The van der Waals surface area contributed by atoms with E-state index in [0.717, 1.165) is 103 Å². The Morgan fingerprint density at radius 2 is 0.611 bits per heavy atom. The summed E-state index contributed by atoms with van der Waals surface area (Å²) in [6, 6.07) is 31.0. The molecule has 1 aliphatic carbocycles. The molecule has 2 heterocycles. The van der Waals surface area contributed by atoms with Gasteiger partial charge >= 0.3 is 0 Å². The molecule has 8 bridgehead atoms. The molecule has 0 aliphatic heterocycles. The molecule has 0 N–H and O–H groups in total. The Bertz CT molecular complexity index is 2570. The lowest BCUT2D eigenvalue weighted by atomic mass is 9.79. The number of alkyl halides is 2. The molecule has 6 aromatic rings. The first-order valence-electron chi connectivity index (χ1n) is 26.2. The van der Waals surface area contributed by atoms with Gasteiger partial charge in [-0.2, -0.15) is 0 Å². The minimum Gasteiger partial charge on any atom is -0.493 e. The van der Waals surface area contributed by atoms with E-state index in [1.165, 1.54) is 22.3 Å². The van der Waals surface area contributed by atoms with Gasteiger partial charge in [0.1, 0.15) is 36.2 Å². The van der Waals surface area contributed by atoms with Gasteiger partial charge in [-0.25, -0.2) is 0 Å². The number of pyridine rings is 2. The number of rotatable bonds is 14. The van der Waals surface area contributed by atoms with Crippen LogP contribution in [0.15, 0.2) is 84.9 Å². The van der Waals surface area contributed by atoms with Gasteiger partial charge in [-0.1, -0.05) is 158 Å². The number of benzene rings is 4. The van der Waals surface area contributed by atoms with Crippen molar-refractivity contribution in [3.05, 3.63) is 174 Å². The number of hydrogen-bond acceptors (Lipinski definition) is 6. The van der Waals surface area contributed by atoms with E-state index in [0.29, 0.717) is 50.7 Å². The minimum absolute atomic E-state index is 0.163. The highest BCUT2D eigenvalue weighted by Gasteiger charge is 2.30. The lowest BCUT2D eigenvalue weighted by Crippen LogP contribution is -2.18. The van der Waals surface area contributed by atoms with Gasteiger partial charge in [0.2, 0.25) is 0 Å². The molecule has 7 rings (SSSR count). The van der Waals surface area contributed by atoms with Crippen molar-refractivity contribution in [3.8, 4) is 23.0 Å². The molecule has 72 heavy (non-hydrogen) atoms. The lowest BCUT2D eigenvalue weighted by Gasteiger charge is -2.29. The molecule has 1 aliphatic rings. The first kappa shape index (κ1) is 54.7. The second-order valence-corrected chi connectivity index (χ2v) is 24.5. The second kappa shape index (κ2) is 22.6. The van der Waals surface area contributed by atoms with Crippen LogP contribution < -0.4 is 18.9 Å². The van der Waals surface area contributed by atoms with Crippen LogP contribution >= 0.6 is 23.2 Å². The van der Waals surface area contributed by atoms with Gasteiger partial charge in [0.05, 0.1) is 47.7 Å². The Balaban J connectivity index is 1.61. The Morgan fingerprint density at radius 3 is 0.833 bits per heavy atom. The average Bonchev–Trinajstić information content (AvgIpc) is 3.31. The van der Waals surface area contributed by atoms with Crippen LogP contribution in [0.2, 0.25) is 0 Å². The van der Waals surface area contributed by atoms with Gasteiger partial charge in [0, 0.05) is 25.7 Å². The van der Waals surface area contributed by atoms with Crippen LogP contribution in [0, 0.1) is 0 Å². The van der Waals surface area contributed by atoms with E-state index in [1.807, 2.05) is 36.4 Å². The summed E-state index contributed by atoms with van der Waals surface area (Å²) in [6.07, 6.45) is 4.09. The summed E-state index contributed by atoms with van der Waals surface area (Å²) in [6.45, 7) is 33.7. The molecule has 384 valence electrons. The lowest BCUT2D eigenvalue weighted by molar-refractivity contribution is 0.292. The van der Waals surface area contributed by atoms with E-state index in [2.05, 4.69) is 145 Å². The maximum atomic E-state index is 7.20. The molecule has 0 saturated carbocycles. The molecule has 0 amide bonds. The highest BCUT2D eigenvalue weighted by Crippen LogP contribution is 2.45. The van der Waals surface area contributed by atoms with E-state index >= 15 is 0 Å². The number of fused-ring (bicyclic) bond motifs is 8. The van der Waals surface area contributed by atoms with E-state index in [1.54, 1.807) is 0 Å². The molecule has 0 unspecified atom stereocenters. The fraction of sp³-hybridized carbons (Fsp3) is 0.469. The summed E-state index contributed by atoms with van der Waals surface area (Å²) in [5, 5.41) is 0. The fourth-order valence-electron chi connectivity index (χ4n) is 9.43. The molecule has 0 saturated heterocycles. The highest BCUT2D eigenvalue weighted by atomic mass is 35.5. The zero-order chi connectivity index (χ0) is 52.2. The topological polar surface area (TPSA) is 62.7 Å². The van der Waals surface area contributed by atoms with Gasteiger partial charge in [0.25, 0.3) is 0 Å². The van der Waals surface area contributed by atoms with Crippen LogP contribution in [-0.2, 0) is 72.3 Å². The zero-order valence-electron chi connectivity index (χ0n) is 45.9. The predicted octanol–water partition coefficient (Wildman–Crippen LogP) is 16.6. The Labute approximate surface area is 442 Å². The monoisotopic (exact) mass is 1010 g/mol. The maximum Gasteiger partial charge on any atom is 0.130 e. The van der Waals surface area contributed by atoms with Crippen molar-refractivity contribution >= 4 is 23.2 Å². The van der Waals surface area contributed by atoms with Crippen LogP contribution in [0.3, 0.4) is 0 Å².